The summed E-state index contributed by atoms with van der Waals surface area (Å²) in [5, 5.41) is 9.04. The molecule has 6 aromatic carbocycles. The van der Waals surface area contributed by atoms with Crippen LogP contribution in [0.4, 0.5) is 0 Å². The van der Waals surface area contributed by atoms with Crippen molar-refractivity contribution in [2.75, 3.05) is 0 Å². The molecule has 0 radical (unpaired) electrons. The van der Waals surface area contributed by atoms with Gasteiger partial charge in [0, 0.05) is 60.7 Å². The molecule has 0 unspecified atom stereocenters. The fourth-order valence-corrected chi connectivity index (χ4v) is 11.9. The van der Waals surface area contributed by atoms with Gasteiger partial charge in [-0.2, -0.15) is 0 Å². The van der Waals surface area contributed by atoms with Crippen molar-refractivity contribution in [1.29, 1.82) is 0 Å². The van der Waals surface area contributed by atoms with Crippen molar-refractivity contribution in [3.63, 3.8) is 0 Å². The third kappa shape index (κ3) is 3.65. The number of hydrogen-bond donors (Lipinski definition) is 0. The number of carbonyl (C=O) groups is 2. The summed E-state index contributed by atoms with van der Waals surface area (Å²) in [4.78, 5) is 28.1. The Morgan fingerprint density at radius 1 is 0.455 bits per heavy atom. The summed E-state index contributed by atoms with van der Waals surface area (Å²) in [5.74, 6) is 1.70. The smallest absolute Gasteiger partial charge is 0.166 e. The fraction of sp³-hybridized carbons (Fsp3) is 0.240. The Labute approximate surface area is 314 Å². The summed E-state index contributed by atoms with van der Waals surface area (Å²) in [7, 11) is 0. The predicted molar refractivity (Wildman–Crippen MR) is 219 cm³/mol. The van der Waals surface area contributed by atoms with Crippen LogP contribution in [0.15, 0.2) is 99.8 Å². The molecule has 5 nitrogen and oxygen atoms in total. The molecule has 4 bridgehead atoms. The summed E-state index contributed by atoms with van der Waals surface area (Å²) >= 11 is 0. The molecule has 2 saturated carbocycles. The maximum Gasteiger partial charge on any atom is 0.166 e. The van der Waals surface area contributed by atoms with Crippen LogP contribution in [0.25, 0.3) is 93.1 Å². The second-order valence-electron chi connectivity index (χ2n) is 17.2. The van der Waals surface area contributed by atoms with Crippen LogP contribution in [0.3, 0.4) is 0 Å². The summed E-state index contributed by atoms with van der Waals surface area (Å²) < 4.78 is 15.5. The highest BCUT2D eigenvalue weighted by Gasteiger charge is 2.38. The minimum absolute atomic E-state index is 0.119. The Morgan fingerprint density at radius 3 is 1.67 bits per heavy atom. The third-order valence-corrected chi connectivity index (χ3v) is 14.7. The van der Waals surface area contributed by atoms with Crippen LogP contribution in [0.1, 0.15) is 95.0 Å². The van der Waals surface area contributed by atoms with Crippen molar-refractivity contribution in [3.05, 3.63) is 113 Å². The minimum atomic E-state index is 0.119. The fourth-order valence-electron chi connectivity index (χ4n) is 11.9. The quantitative estimate of drug-likeness (QED) is 0.170. The Hall–Kier alpha value is -5.94. The van der Waals surface area contributed by atoms with Crippen LogP contribution >= 0.6 is 0 Å². The molecule has 16 rings (SSSR count). The molecule has 10 aromatic rings. The lowest BCUT2D eigenvalue weighted by atomic mass is 9.82. The summed E-state index contributed by atoms with van der Waals surface area (Å²) in [6.07, 6.45) is 8.24. The average molecular weight is 714 g/mol. The summed E-state index contributed by atoms with van der Waals surface area (Å²) in [6.45, 7) is 0. The number of benzene rings is 6. The van der Waals surface area contributed by atoms with E-state index in [0.29, 0.717) is 23.4 Å². The van der Waals surface area contributed by atoms with E-state index in [4.69, 9.17) is 8.83 Å². The van der Waals surface area contributed by atoms with Gasteiger partial charge in [0.1, 0.15) is 22.3 Å². The van der Waals surface area contributed by atoms with E-state index >= 15 is 0 Å². The number of aromatic nitrogens is 1. The molecule has 4 aromatic heterocycles. The third-order valence-electron chi connectivity index (χ3n) is 14.7. The van der Waals surface area contributed by atoms with E-state index in [1.807, 2.05) is 12.1 Å². The maximum atomic E-state index is 14.1. The Balaban J connectivity index is 1.10. The molecule has 0 amide bonds. The van der Waals surface area contributed by atoms with Gasteiger partial charge < -0.3 is 13.2 Å². The van der Waals surface area contributed by atoms with Gasteiger partial charge in [0.25, 0.3) is 0 Å². The Kier molecular flexibility index (Phi) is 5.36. The van der Waals surface area contributed by atoms with Crippen LogP contribution in [-0.2, 0) is 0 Å². The lowest BCUT2D eigenvalue weighted by Crippen LogP contribution is -2.15. The Bertz CT molecular complexity index is 3390. The van der Waals surface area contributed by atoms with Crippen molar-refractivity contribution in [1.82, 2.24) is 4.40 Å². The number of Topliss-reactive ketones (excluding diaryl/α,β-unsaturated/α-hetero) is 2. The Morgan fingerprint density at radius 2 is 1.00 bits per heavy atom. The second-order valence-corrected chi connectivity index (χ2v) is 17.2. The molecular weight excluding hydrogens is 679 g/mol. The molecule has 0 aliphatic heterocycles. The van der Waals surface area contributed by atoms with Crippen LogP contribution in [0, 0.1) is 11.8 Å². The molecule has 0 atom stereocenters. The van der Waals surface area contributed by atoms with Gasteiger partial charge in [-0.1, -0.05) is 30.3 Å². The number of hydrogen-bond acceptors (Lipinski definition) is 4. The maximum absolute atomic E-state index is 14.1. The highest BCUT2D eigenvalue weighted by atomic mass is 16.3. The lowest BCUT2D eigenvalue weighted by Gasteiger charge is -2.22. The van der Waals surface area contributed by atoms with Crippen molar-refractivity contribution >= 4 is 93.5 Å². The van der Waals surface area contributed by atoms with Gasteiger partial charge >= 0.3 is 0 Å². The van der Waals surface area contributed by atoms with Gasteiger partial charge in [0.05, 0.1) is 21.9 Å². The lowest BCUT2D eigenvalue weighted by molar-refractivity contribution is 0.0891. The van der Waals surface area contributed by atoms with Gasteiger partial charge in [-0.3, -0.25) is 9.59 Å². The molecule has 4 heterocycles. The van der Waals surface area contributed by atoms with E-state index in [2.05, 4.69) is 83.3 Å². The van der Waals surface area contributed by atoms with Gasteiger partial charge in [0.2, 0.25) is 0 Å². The molecule has 0 N–H and O–H groups in total. The number of carbonyl (C=O) groups excluding carboxylic acids is 2. The highest BCUT2D eigenvalue weighted by molar-refractivity contribution is 6.33. The molecule has 6 aliphatic carbocycles. The average Bonchev–Trinajstić information content (AvgIpc) is 3.89. The van der Waals surface area contributed by atoms with Crippen LogP contribution < -0.4 is 0 Å². The molecule has 0 saturated heterocycles. The number of fused-ring (bicyclic) bond motifs is 17. The van der Waals surface area contributed by atoms with Crippen molar-refractivity contribution in [2.45, 2.75) is 63.2 Å². The number of para-hydroxylation sites is 1. The van der Waals surface area contributed by atoms with E-state index in [0.717, 1.165) is 145 Å². The van der Waals surface area contributed by atoms with E-state index in [9.17, 15) is 9.59 Å². The zero-order valence-electron chi connectivity index (χ0n) is 30.2. The van der Waals surface area contributed by atoms with Crippen LogP contribution in [0.5, 0.6) is 0 Å². The molecule has 55 heavy (non-hydrogen) atoms. The minimum Gasteiger partial charge on any atom is -0.456 e. The molecule has 5 heteroatoms. The van der Waals surface area contributed by atoms with E-state index in [-0.39, 0.29) is 11.8 Å². The van der Waals surface area contributed by atoms with Crippen LogP contribution in [-0.4, -0.2) is 16.0 Å². The zero-order valence-corrected chi connectivity index (χ0v) is 30.2. The monoisotopic (exact) mass is 713 g/mol. The SMILES string of the molecule is O=C1c2cc3c(cc2C2CCC1CC2)c1cc2c4cc(-c5ccc6oc7ccccc7c6c5)ccc4oc2c2c4cc5c(cc4n3c12)C(=O)C1CCC5CC1. The largest absolute Gasteiger partial charge is 0.456 e. The molecule has 2 fully saturated rings. The zero-order chi connectivity index (χ0) is 35.8. The molecule has 6 aliphatic rings. The first kappa shape index (κ1) is 29.4. The van der Waals surface area contributed by atoms with E-state index in [1.165, 1.54) is 21.9 Å². The predicted octanol–water partition coefficient (Wildman–Crippen LogP) is 13.2. The van der Waals surface area contributed by atoms with Gasteiger partial charge in [0.15, 0.2) is 11.6 Å². The van der Waals surface area contributed by atoms with Gasteiger partial charge in [-0.25, -0.2) is 0 Å². The normalized spacial score (nSPS) is 22.4. The van der Waals surface area contributed by atoms with Gasteiger partial charge in [-0.15, -0.1) is 0 Å². The second kappa shape index (κ2) is 10.0. The molecule has 0 spiro atoms. The summed E-state index contributed by atoms with van der Waals surface area (Å²) in [6, 6.07) is 32.8. The number of furan rings is 2. The van der Waals surface area contributed by atoms with E-state index in [1.54, 1.807) is 0 Å². The first-order valence-electron chi connectivity index (χ1n) is 20.3. The van der Waals surface area contributed by atoms with Crippen LogP contribution in [0.2, 0.25) is 0 Å². The van der Waals surface area contributed by atoms with Gasteiger partial charge in [-0.05, 0) is 146 Å². The summed E-state index contributed by atoms with van der Waals surface area (Å²) in [5.41, 5.74) is 13.3. The standard InChI is InChI=1S/C50H35NO4/c52-48-26-9-5-24(6-10-26)31-19-33-36-21-39-35-18-29(28-13-15-44-34(17-28)30-3-1-2-4-43(30)54-44)14-16-45(35)55-50(39)46-40-20-32-25-7-11-27(12-8-25)49(53)38(32)23-42(40)51(47(36)46)41(33)22-37(31)48/h1-4,13-27H,5-12H2. The highest BCUT2D eigenvalue weighted by Crippen LogP contribution is 2.52. The number of ketones is 2. The molecular formula is C50H35NO4. The van der Waals surface area contributed by atoms with Crippen molar-refractivity contribution in [2.24, 2.45) is 11.8 Å². The van der Waals surface area contributed by atoms with Crippen molar-refractivity contribution in [3.8, 4) is 11.1 Å². The first-order valence-corrected chi connectivity index (χ1v) is 20.3. The topological polar surface area (TPSA) is 64.8 Å². The number of rotatable bonds is 1. The first-order chi connectivity index (χ1) is 27.1. The number of nitrogens with zero attached hydrogens (tertiary/aromatic N) is 1. The van der Waals surface area contributed by atoms with E-state index < -0.39 is 0 Å². The van der Waals surface area contributed by atoms with Crippen molar-refractivity contribution < 1.29 is 18.4 Å². The molecule has 264 valence electrons.